The number of hydrogen-bond acceptors (Lipinski definition) is 8. The second-order valence-corrected chi connectivity index (χ2v) is 17.6. The Kier molecular flexibility index (Phi) is 9.95. The van der Waals surface area contributed by atoms with Gasteiger partial charge in [0.25, 0.3) is 5.91 Å². The van der Waals surface area contributed by atoms with Gasteiger partial charge in [0.15, 0.2) is 13.9 Å². The summed E-state index contributed by atoms with van der Waals surface area (Å²) in [6, 6.07) is 15.7. The highest BCUT2D eigenvalue weighted by molar-refractivity contribution is 14.1. The maximum absolute atomic E-state index is 14.4. The molecule has 1 amide bonds. The highest BCUT2D eigenvalue weighted by Crippen LogP contribution is 2.59. The molecule has 0 saturated carbocycles. The minimum absolute atomic E-state index is 0.0830. The third-order valence-electron chi connectivity index (χ3n) is 9.13. The van der Waals surface area contributed by atoms with Crippen molar-refractivity contribution in [1.82, 2.24) is 15.0 Å². The van der Waals surface area contributed by atoms with Gasteiger partial charge < -0.3 is 24.3 Å². The molecule has 3 aromatic rings. The number of amides is 1. The van der Waals surface area contributed by atoms with E-state index in [0.29, 0.717) is 44.5 Å². The zero-order valence-electron chi connectivity index (χ0n) is 25.6. The van der Waals surface area contributed by atoms with E-state index in [1.807, 2.05) is 74.7 Å². The van der Waals surface area contributed by atoms with Crippen LogP contribution in [0.5, 0.6) is 0 Å². The number of halogens is 1. The zero-order valence-corrected chi connectivity index (χ0v) is 28.8. The lowest BCUT2D eigenvalue weighted by Gasteiger charge is -2.32. The molecule has 2 aromatic carbocycles. The number of hydrogen-bond donors (Lipinski definition) is 2. The minimum atomic E-state index is -2.81. The van der Waals surface area contributed by atoms with E-state index in [0.717, 1.165) is 20.4 Å². The number of benzene rings is 2. The average molecular weight is 733 g/mol. The maximum atomic E-state index is 14.4. The Morgan fingerprint density at radius 3 is 2.61 bits per heavy atom. The van der Waals surface area contributed by atoms with Crippen LogP contribution < -0.4 is 4.90 Å². The molecule has 2 N–H and O–H groups in total. The van der Waals surface area contributed by atoms with Gasteiger partial charge in [-0.3, -0.25) is 14.3 Å². The predicted octanol–water partition coefficient (Wildman–Crippen LogP) is 4.58. The largest absolute Gasteiger partial charge is 0.469 e. The molecule has 0 radical (unpaired) electrons. The molecule has 1 unspecified atom stereocenters. The van der Waals surface area contributed by atoms with Gasteiger partial charge in [0, 0.05) is 46.3 Å². The van der Waals surface area contributed by atoms with E-state index >= 15 is 0 Å². The summed E-state index contributed by atoms with van der Waals surface area (Å²) in [5.41, 5.74) is 1.92. The number of fused-ring (bicyclic) bond motifs is 2. The van der Waals surface area contributed by atoms with Gasteiger partial charge in [-0.05, 0) is 78.7 Å². The molecule has 5 rings (SSSR count). The number of unbranched alkanes of at least 4 members (excludes halogenated alkanes) is 1. The van der Waals surface area contributed by atoms with Crippen LogP contribution in [0.2, 0.25) is 18.6 Å². The standard InChI is InChI=1S/C32H41IN4O6Si/c1-21-30(44(3,4)41)28(15-17-36-19-26(34-35-36)24(20-38)22-10-6-5-7-11-22)43-32(21)25-18-23(33)13-14-27(25)37(31(32)40)16-9-8-12-29(39)42-2/h5-7,10-11,13-14,18-19,21,24,28,30,38,41H,8-9,12,15-17,20H2,1-4H3/t21-,24?,28+,30-,32+/m1/s1. The van der Waals surface area contributed by atoms with Crippen molar-refractivity contribution in [2.24, 2.45) is 5.92 Å². The van der Waals surface area contributed by atoms with E-state index in [2.05, 4.69) is 32.9 Å². The Labute approximate surface area is 273 Å². The maximum Gasteiger partial charge on any atom is 0.305 e. The second-order valence-electron chi connectivity index (χ2n) is 12.4. The molecule has 1 fully saturated rings. The van der Waals surface area contributed by atoms with E-state index in [-0.39, 0.29) is 42.0 Å². The fourth-order valence-electron chi connectivity index (χ4n) is 7.08. The molecule has 2 aliphatic heterocycles. The molecule has 1 spiro atoms. The van der Waals surface area contributed by atoms with Crippen LogP contribution >= 0.6 is 22.6 Å². The number of aromatic nitrogens is 3. The van der Waals surface area contributed by atoms with E-state index in [1.54, 1.807) is 9.58 Å². The third-order valence-corrected chi connectivity index (χ3v) is 12.3. The molecule has 0 bridgehead atoms. The summed E-state index contributed by atoms with van der Waals surface area (Å²) >= 11 is 2.26. The van der Waals surface area contributed by atoms with Crippen molar-refractivity contribution < 1.29 is 29.0 Å². The number of nitrogens with zero attached hydrogens (tertiary/aromatic N) is 4. The Morgan fingerprint density at radius 2 is 1.93 bits per heavy atom. The zero-order chi connectivity index (χ0) is 31.6. The molecule has 12 heteroatoms. The van der Waals surface area contributed by atoms with Crippen molar-refractivity contribution in [3.05, 3.63) is 75.1 Å². The lowest BCUT2D eigenvalue weighted by atomic mass is 9.82. The SMILES string of the molecule is COC(=O)CCCCN1C(=O)[C@@]2(O[C@@H](CCn3cc(C(CO)c4ccccc4)nn3)[C@H]([Si](C)(C)O)[C@H]2C)c2cc(I)ccc21. The van der Waals surface area contributed by atoms with Crippen LogP contribution in [0.25, 0.3) is 0 Å². The van der Waals surface area contributed by atoms with Gasteiger partial charge in [0.05, 0.1) is 37.1 Å². The van der Waals surface area contributed by atoms with Crippen molar-refractivity contribution in [1.29, 1.82) is 0 Å². The van der Waals surface area contributed by atoms with Crippen molar-refractivity contribution in [2.75, 3.05) is 25.2 Å². The van der Waals surface area contributed by atoms with Gasteiger partial charge in [0.2, 0.25) is 0 Å². The number of aliphatic hydroxyl groups is 1. The summed E-state index contributed by atoms with van der Waals surface area (Å²) in [5.74, 6) is -0.903. The van der Waals surface area contributed by atoms with Crippen LogP contribution in [0.15, 0.2) is 54.7 Å². The Bertz CT molecular complexity index is 1480. The molecular formula is C32H41IN4O6Si. The third kappa shape index (κ3) is 6.23. The van der Waals surface area contributed by atoms with Crippen LogP contribution in [0.1, 0.15) is 55.3 Å². The van der Waals surface area contributed by atoms with E-state index in [9.17, 15) is 19.5 Å². The highest BCUT2D eigenvalue weighted by atomic mass is 127. The number of ether oxygens (including phenoxy) is 2. The minimum Gasteiger partial charge on any atom is -0.469 e. The van der Waals surface area contributed by atoms with Gasteiger partial charge in [-0.25, -0.2) is 0 Å². The molecule has 2 aliphatic rings. The first-order valence-electron chi connectivity index (χ1n) is 15.2. The fraction of sp³-hybridized carbons (Fsp3) is 0.500. The average Bonchev–Trinajstić information content (AvgIpc) is 3.65. The quantitative estimate of drug-likeness (QED) is 0.120. The van der Waals surface area contributed by atoms with Crippen molar-refractivity contribution in [3.63, 3.8) is 0 Å². The lowest BCUT2D eigenvalue weighted by Crippen LogP contribution is -2.46. The summed E-state index contributed by atoms with van der Waals surface area (Å²) in [7, 11) is -1.43. The molecule has 0 aliphatic carbocycles. The first-order chi connectivity index (χ1) is 21.0. The number of carbonyl (C=O) groups excluding carboxylic acids is 2. The number of anilines is 1. The van der Waals surface area contributed by atoms with E-state index in [1.165, 1.54) is 7.11 Å². The first kappa shape index (κ1) is 32.7. The molecule has 236 valence electrons. The Balaban J connectivity index is 1.39. The van der Waals surface area contributed by atoms with Crippen LogP contribution in [0.3, 0.4) is 0 Å². The Morgan fingerprint density at radius 1 is 1.18 bits per heavy atom. The number of aliphatic hydroxyl groups excluding tert-OH is 1. The monoisotopic (exact) mass is 732 g/mol. The number of methoxy groups -OCH3 is 1. The molecule has 44 heavy (non-hydrogen) atoms. The van der Waals surface area contributed by atoms with Gasteiger partial charge in [0.1, 0.15) is 0 Å². The second kappa shape index (κ2) is 13.4. The van der Waals surface area contributed by atoms with Crippen LogP contribution in [0, 0.1) is 9.49 Å². The molecule has 3 heterocycles. The summed E-state index contributed by atoms with van der Waals surface area (Å²) in [6.07, 6.45) is 3.59. The van der Waals surface area contributed by atoms with Gasteiger partial charge >= 0.3 is 5.97 Å². The molecule has 10 nitrogen and oxygen atoms in total. The Hall–Kier alpha value is -2.65. The summed E-state index contributed by atoms with van der Waals surface area (Å²) < 4.78 is 14.4. The number of carbonyl (C=O) groups is 2. The normalized spacial score (nSPS) is 23.8. The summed E-state index contributed by atoms with van der Waals surface area (Å²) in [4.78, 5) is 39.4. The molecule has 1 saturated heterocycles. The smallest absolute Gasteiger partial charge is 0.305 e. The molecular weight excluding hydrogens is 691 g/mol. The molecule has 5 atom stereocenters. The predicted molar refractivity (Wildman–Crippen MR) is 177 cm³/mol. The van der Waals surface area contributed by atoms with Crippen molar-refractivity contribution in [2.45, 2.75) is 75.4 Å². The van der Waals surface area contributed by atoms with Crippen LogP contribution in [-0.4, -0.2) is 71.5 Å². The number of aryl methyl sites for hydroxylation is 1. The highest BCUT2D eigenvalue weighted by Gasteiger charge is 2.66. The lowest BCUT2D eigenvalue weighted by molar-refractivity contribution is -0.146. The van der Waals surface area contributed by atoms with E-state index < -0.39 is 13.9 Å². The van der Waals surface area contributed by atoms with Crippen molar-refractivity contribution in [3.8, 4) is 0 Å². The summed E-state index contributed by atoms with van der Waals surface area (Å²) in [6.45, 7) is 6.74. The first-order valence-corrected chi connectivity index (χ1v) is 19.3. The van der Waals surface area contributed by atoms with Gasteiger partial charge in [-0.15, -0.1) is 5.10 Å². The van der Waals surface area contributed by atoms with Crippen LogP contribution in [0.4, 0.5) is 5.69 Å². The summed E-state index contributed by atoms with van der Waals surface area (Å²) in [5, 5.41) is 18.8. The fourth-order valence-corrected chi connectivity index (χ4v) is 10.2. The topological polar surface area (TPSA) is 127 Å². The van der Waals surface area contributed by atoms with Crippen molar-refractivity contribution >= 4 is 48.5 Å². The van der Waals surface area contributed by atoms with E-state index in [4.69, 9.17) is 9.47 Å². The number of esters is 1. The molecule has 1 aromatic heterocycles. The van der Waals surface area contributed by atoms with Crippen LogP contribution in [-0.2, 0) is 31.2 Å². The van der Waals surface area contributed by atoms with Gasteiger partial charge in [-0.1, -0.05) is 42.5 Å². The van der Waals surface area contributed by atoms with Gasteiger partial charge in [-0.2, -0.15) is 0 Å². The number of rotatable bonds is 12.